The number of ketones is 1. The summed E-state index contributed by atoms with van der Waals surface area (Å²) in [5.74, 6) is 0.230. The van der Waals surface area contributed by atoms with Gasteiger partial charge in [0.05, 0.1) is 16.9 Å². The number of carbonyl (C=O) groups excluding carboxylic acids is 2. The lowest BCUT2D eigenvalue weighted by Gasteiger charge is -2.44. The van der Waals surface area contributed by atoms with Crippen molar-refractivity contribution >= 4 is 40.6 Å². The Hall–Kier alpha value is -2.64. The maximum atomic E-state index is 12.9. The number of carbonyl (C=O) groups is 2. The van der Waals surface area contributed by atoms with E-state index in [4.69, 9.17) is 27.9 Å². The first-order valence-electron chi connectivity index (χ1n) is 9.87. The lowest BCUT2D eigenvalue weighted by atomic mass is 9.81. The minimum Gasteiger partial charge on any atom is -0.486 e. The Balaban J connectivity index is 1.53. The molecule has 1 saturated heterocycles. The van der Waals surface area contributed by atoms with Crippen molar-refractivity contribution in [2.45, 2.75) is 38.7 Å². The predicted octanol–water partition coefficient (Wildman–Crippen LogP) is 5.16. The normalized spacial score (nSPS) is 17.3. The highest BCUT2D eigenvalue weighted by atomic mass is 35.5. The first-order chi connectivity index (χ1) is 14.6. The van der Waals surface area contributed by atoms with E-state index in [0.717, 1.165) is 11.1 Å². The Kier molecular flexibility index (Phi) is 5.43. The summed E-state index contributed by atoms with van der Waals surface area (Å²) < 4.78 is 6.32. The molecule has 0 radical (unpaired) electrons. The summed E-state index contributed by atoms with van der Waals surface area (Å²) in [6.45, 7) is 4.45. The number of halogens is 2. The fourth-order valence-corrected chi connectivity index (χ4v) is 4.70. The molecular weight excluding hydrogens is 443 g/mol. The summed E-state index contributed by atoms with van der Waals surface area (Å²) in [4.78, 5) is 37.9. The van der Waals surface area contributed by atoms with Crippen molar-refractivity contribution in [2.24, 2.45) is 0 Å². The molecule has 0 aliphatic carbocycles. The summed E-state index contributed by atoms with van der Waals surface area (Å²) >= 11 is 12.2. The third kappa shape index (κ3) is 3.77. The van der Waals surface area contributed by atoms with Crippen LogP contribution in [-0.2, 0) is 0 Å². The van der Waals surface area contributed by atoms with Crippen molar-refractivity contribution in [2.75, 3.05) is 13.1 Å². The van der Waals surface area contributed by atoms with Crippen LogP contribution in [0, 0.1) is 24.0 Å². The van der Waals surface area contributed by atoms with Gasteiger partial charge in [-0.15, -0.1) is 0 Å². The monoisotopic (exact) mass is 462 g/mol. The Labute approximate surface area is 189 Å². The van der Waals surface area contributed by atoms with E-state index in [0.29, 0.717) is 42.3 Å². The second-order valence-corrected chi connectivity index (χ2v) is 8.89. The predicted molar refractivity (Wildman–Crippen MR) is 116 cm³/mol. The van der Waals surface area contributed by atoms with Crippen LogP contribution in [0.25, 0.3) is 0 Å². The molecule has 2 aliphatic heterocycles. The average molecular weight is 463 g/mol. The number of hydrogen-bond acceptors (Lipinski definition) is 5. The highest BCUT2D eigenvalue weighted by Gasteiger charge is 2.44. The van der Waals surface area contributed by atoms with E-state index in [1.165, 1.54) is 18.2 Å². The number of hydrogen-bond donors (Lipinski definition) is 0. The molecule has 2 aromatic rings. The van der Waals surface area contributed by atoms with Crippen molar-refractivity contribution in [3.05, 3.63) is 66.7 Å². The largest absolute Gasteiger partial charge is 0.486 e. The molecule has 7 nitrogen and oxygen atoms in total. The lowest BCUT2D eigenvalue weighted by molar-refractivity contribution is -0.384. The number of likely N-dealkylation sites (tertiary alicyclic amines) is 1. The maximum absolute atomic E-state index is 12.9. The van der Waals surface area contributed by atoms with Gasteiger partial charge in [-0.05, 0) is 43.2 Å². The number of Topliss-reactive ketones (excluding diaryl/α,β-unsaturated/α-hetero) is 1. The van der Waals surface area contributed by atoms with Gasteiger partial charge >= 0.3 is 0 Å². The molecule has 1 spiro atoms. The topological polar surface area (TPSA) is 89.8 Å². The van der Waals surface area contributed by atoms with Crippen LogP contribution in [0.2, 0.25) is 10.0 Å². The van der Waals surface area contributed by atoms with Gasteiger partial charge in [0.1, 0.15) is 16.4 Å². The van der Waals surface area contributed by atoms with Gasteiger partial charge in [-0.2, -0.15) is 0 Å². The van der Waals surface area contributed by atoms with Gasteiger partial charge in [0, 0.05) is 42.6 Å². The summed E-state index contributed by atoms with van der Waals surface area (Å²) in [5, 5.41) is 11.7. The van der Waals surface area contributed by atoms with Crippen LogP contribution in [0.5, 0.6) is 5.75 Å². The van der Waals surface area contributed by atoms with E-state index < -0.39 is 10.5 Å². The molecule has 1 fully saturated rings. The molecule has 0 bridgehead atoms. The van der Waals surface area contributed by atoms with E-state index >= 15 is 0 Å². The van der Waals surface area contributed by atoms with Gasteiger partial charge in [0.2, 0.25) is 0 Å². The summed E-state index contributed by atoms with van der Waals surface area (Å²) in [6, 6.07) is 5.83. The quantitative estimate of drug-likeness (QED) is 0.454. The zero-order valence-corrected chi connectivity index (χ0v) is 18.5. The van der Waals surface area contributed by atoms with Gasteiger partial charge < -0.3 is 9.64 Å². The molecule has 0 N–H and O–H groups in total. The molecular formula is C22H20Cl2N2O5. The first kappa shape index (κ1) is 21.6. The van der Waals surface area contributed by atoms with E-state index in [2.05, 4.69) is 0 Å². The lowest BCUT2D eigenvalue weighted by Crippen LogP contribution is -2.52. The summed E-state index contributed by atoms with van der Waals surface area (Å²) in [7, 11) is 0. The number of benzene rings is 2. The number of fused-ring (bicyclic) bond motifs is 1. The number of rotatable bonds is 2. The van der Waals surface area contributed by atoms with Crippen molar-refractivity contribution in [1.82, 2.24) is 4.90 Å². The number of piperidine rings is 1. The number of ether oxygens (including phenoxy) is 1. The summed E-state index contributed by atoms with van der Waals surface area (Å²) in [6.07, 6.45) is 1.20. The number of aryl methyl sites for hydroxylation is 1. The molecule has 31 heavy (non-hydrogen) atoms. The second-order valence-electron chi connectivity index (χ2n) is 8.11. The zero-order chi connectivity index (χ0) is 22.5. The number of nitro benzene ring substituents is 1. The van der Waals surface area contributed by atoms with Gasteiger partial charge in [-0.1, -0.05) is 23.2 Å². The first-order valence-corrected chi connectivity index (χ1v) is 10.6. The third-order valence-corrected chi connectivity index (χ3v) is 6.99. The number of nitro groups is 1. The standard InChI is InChI=1S/C22H20Cl2N2O5/c1-12-9-18-19(13(2)20(12)24)17(27)11-22(31-18)5-7-25(8-6-22)21(28)14-3-4-15(23)16(10-14)26(29)30/h3-4,9-10H,5-8,11H2,1-2H3. The van der Waals surface area contributed by atoms with E-state index in [1.807, 2.05) is 13.8 Å². The molecule has 0 saturated carbocycles. The minimum absolute atomic E-state index is 0.00578. The third-order valence-electron chi connectivity index (χ3n) is 6.08. The Morgan fingerprint density at radius 1 is 1.19 bits per heavy atom. The van der Waals surface area contributed by atoms with E-state index in [-0.39, 0.29) is 34.4 Å². The maximum Gasteiger partial charge on any atom is 0.288 e. The molecule has 0 aromatic heterocycles. The molecule has 9 heteroatoms. The Bertz CT molecular complexity index is 1120. The van der Waals surface area contributed by atoms with Crippen LogP contribution in [0.1, 0.15) is 51.1 Å². The molecule has 2 aromatic carbocycles. The van der Waals surface area contributed by atoms with Crippen molar-refractivity contribution in [3.63, 3.8) is 0 Å². The SMILES string of the molecule is Cc1cc2c(c(C)c1Cl)C(=O)CC1(CCN(C(=O)c3ccc(Cl)c([N+](=O)[O-])c3)CC1)O2. The summed E-state index contributed by atoms with van der Waals surface area (Å²) in [5.41, 5.74) is 1.35. The highest BCUT2D eigenvalue weighted by Crippen LogP contribution is 2.43. The number of amides is 1. The fraction of sp³-hybridized carbons (Fsp3) is 0.364. The molecule has 2 heterocycles. The van der Waals surface area contributed by atoms with Crippen molar-refractivity contribution in [3.8, 4) is 5.75 Å². The van der Waals surface area contributed by atoms with Crippen molar-refractivity contribution in [1.29, 1.82) is 0 Å². The van der Waals surface area contributed by atoms with Crippen LogP contribution in [-0.4, -0.2) is 40.2 Å². The average Bonchev–Trinajstić information content (AvgIpc) is 2.72. The smallest absolute Gasteiger partial charge is 0.288 e. The molecule has 1 amide bonds. The van der Waals surface area contributed by atoms with Crippen LogP contribution in [0.3, 0.4) is 0 Å². The molecule has 0 unspecified atom stereocenters. The van der Waals surface area contributed by atoms with Crippen LogP contribution in [0.4, 0.5) is 5.69 Å². The minimum atomic E-state index is -0.667. The van der Waals surface area contributed by atoms with E-state index in [1.54, 1.807) is 11.0 Å². The fourth-order valence-electron chi connectivity index (χ4n) is 4.36. The Morgan fingerprint density at radius 2 is 1.87 bits per heavy atom. The van der Waals surface area contributed by atoms with Crippen molar-refractivity contribution < 1.29 is 19.2 Å². The molecule has 162 valence electrons. The van der Waals surface area contributed by atoms with Gasteiger partial charge in [0.15, 0.2) is 5.78 Å². The number of nitrogens with zero attached hydrogens (tertiary/aromatic N) is 2. The zero-order valence-electron chi connectivity index (χ0n) is 17.0. The van der Waals surface area contributed by atoms with Crippen LogP contribution in [0.15, 0.2) is 24.3 Å². The Morgan fingerprint density at radius 3 is 2.52 bits per heavy atom. The van der Waals surface area contributed by atoms with Crippen LogP contribution < -0.4 is 4.74 Å². The van der Waals surface area contributed by atoms with Crippen LogP contribution >= 0.6 is 23.2 Å². The highest BCUT2D eigenvalue weighted by molar-refractivity contribution is 6.33. The molecule has 4 rings (SSSR count). The van der Waals surface area contributed by atoms with Gasteiger partial charge in [0.25, 0.3) is 11.6 Å². The molecule has 0 atom stereocenters. The second kappa shape index (κ2) is 7.80. The van der Waals surface area contributed by atoms with Gasteiger partial charge in [-0.25, -0.2) is 0 Å². The van der Waals surface area contributed by atoms with E-state index in [9.17, 15) is 19.7 Å². The van der Waals surface area contributed by atoms with Gasteiger partial charge in [-0.3, -0.25) is 19.7 Å². The molecule has 2 aliphatic rings.